The molecule has 0 bridgehead atoms. The third-order valence-electron chi connectivity index (χ3n) is 4.04. The SMILES string of the molecule is O=C(OCCOCCOCCOCCOCCOc1ccccc1)C(=O)c1ccccc1. The molecule has 8 heteroatoms. The number of Topliss-reactive ketones (excluding diaryl/α,β-unsaturated/α-hetero) is 1. The highest BCUT2D eigenvalue weighted by atomic mass is 16.6. The maximum atomic E-state index is 11.8. The van der Waals surface area contributed by atoms with Crippen molar-refractivity contribution in [2.45, 2.75) is 0 Å². The summed E-state index contributed by atoms with van der Waals surface area (Å²) in [6.45, 7) is 3.84. The van der Waals surface area contributed by atoms with Crippen molar-refractivity contribution in [1.82, 2.24) is 0 Å². The first-order valence-corrected chi connectivity index (χ1v) is 10.5. The van der Waals surface area contributed by atoms with Gasteiger partial charge in [0.25, 0.3) is 5.78 Å². The summed E-state index contributed by atoms with van der Waals surface area (Å²) in [5, 5.41) is 0. The van der Waals surface area contributed by atoms with Crippen molar-refractivity contribution in [3.8, 4) is 5.75 Å². The number of hydrogen-bond acceptors (Lipinski definition) is 8. The lowest BCUT2D eigenvalue weighted by Gasteiger charge is -2.08. The number of carbonyl (C=O) groups excluding carboxylic acids is 2. The molecule has 32 heavy (non-hydrogen) atoms. The summed E-state index contributed by atoms with van der Waals surface area (Å²) in [6.07, 6.45) is 0. The van der Waals surface area contributed by atoms with Gasteiger partial charge in [0.1, 0.15) is 19.0 Å². The van der Waals surface area contributed by atoms with E-state index in [0.29, 0.717) is 58.4 Å². The maximum Gasteiger partial charge on any atom is 0.379 e. The minimum Gasteiger partial charge on any atom is -0.491 e. The summed E-state index contributed by atoms with van der Waals surface area (Å²) in [5.41, 5.74) is 0.303. The van der Waals surface area contributed by atoms with Crippen molar-refractivity contribution in [3.05, 3.63) is 66.2 Å². The summed E-state index contributed by atoms with van der Waals surface area (Å²) in [4.78, 5) is 23.5. The van der Waals surface area contributed by atoms with Gasteiger partial charge < -0.3 is 28.4 Å². The Bertz CT molecular complexity index is 751. The minimum atomic E-state index is -0.888. The van der Waals surface area contributed by atoms with Gasteiger partial charge in [-0.2, -0.15) is 0 Å². The standard InChI is InChI=1S/C24H30O8/c25-23(21-7-3-1-4-8-21)24(26)32-20-18-30-16-14-28-12-11-27-13-15-29-17-19-31-22-9-5-2-6-10-22/h1-10H,11-20H2. The van der Waals surface area contributed by atoms with E-state index >= 15 is 0 Å². The Hall–Kier alpha value is -2.78. The number of para-hydroxylation sites is 1. The summed E-state index contributed by atoms with van der Waals surface area (Å²) in [7, 11) is 0. The van der Waals surface area contributed by atoms with Crippen molar-refractivity contribution < 1.29 is 38.0 Å². The predicted octanol–water partition coefficient (Wildman–Crippen LogP) is 2.56. The van der Waals surface area contributed by atoms with Gasteiger partial charge in [-0.15, -0.1) is 0 Å². The van der Waals surface area contributed by atoms with Crippen LogP contribution >= 0.6 is 0 Å². The van der Waals surface area contributed by atoms with E-state index in [4.69, 9.17) is 28.4 Å². The highest BCUT2D eigenvalue weighted by Gasteiger charge is 2.16. The predicted molar refractivity (Wildman–Crippen MR) is 117 cm³/mol. The van der Waals surface area contributed by atoms with E-state index in [-0.39, 0.29) is 13.2 Å². The molecule has 2 rings (SSSR count). The van der Waals surface area contributed by atoms with E-state index in [1.54, 1.807) is 30.3 Å². The van der Waals surface area contributed by atoms with Gasteiger partial charge in [0, 0.05) is 5.56 Å². The molecule has 0 fully saturated rings. The fourth-order valence-electron chi connectivity index (χ4n) is 2.46. The molecule has 0 radical (unpaired) electrons. The van der Waals surface area contributed by atoms with Gasteiger partial charge in [-0.1, -0.05) is 48.5 Å². The lowest BCUT2D eigenvalue weighted by molar-refractivity contribution is -0.139. The van der Waals surface area contributed by atoms with Gasteiger partial charge >= 0.3 is 5.97 Å². The third-order valence-corrected chi connectivity index (χ3v) is 4.04. The van der Waals surface area contributed by atoms with Crippen LogP contribution in [0.3, 0.4) is 0 Å². The van der Waals surface area contributed by atoms with E-state index in [9.17, 15) is 9.59 Å². The summed E-state index contributed by atoms with van der Waals surface area (Å²) < 4.78 is 31.9. The van der Waals surface area contributed by atoms with Gasteiger partial charge in [-0.3, -0.25) is 4.79 Å². The van der Waals surface area contributed by atoms with Crippen molar-refractivity contribution in [3.63, 3.8) is 0 Å². The molecule has 0 unspecified atom stereocenters. The van der Waals surface area contributed by atoms with E-state index in [0.717, 1.165) is 5.75 Å². The average molecular weight is 446 g/mol. The molecule has 0 amide bonds. The van der Waals surface area contributed by atoms with Crippen molar-refractivity contribution in [2.24, 2.45) is 0 Å². The van der Waals surface area contributed by atoms with Gasteiger partial charge in [0.05, 0.1) is 52.9 Å². The topological polar surface area (TPSA) is 89.5 Å². The smallest absolute Gasteiger partial charge is 0.379 e. The fraction of sp³-hybridized carbons (Fsp3) is 0.417. The molecule has 8 nitrogen and oxygen atoms in total. The second-order valence-corrected chi connectivity index (χ2v) is 6.44. The van der Waals surface area contributed by atoms with Crippen molar-refractivity contribution >= 4 is 11.8 Å². The van der Waals surface area contributed by atoms with Crippen LogP contribution in [-0.2, 0) is 28.5 Å². The number of ether oxygens (including phenoxy) is 6. The molecule has 0 N–H and O–H groups in total. The molecule has 0 heterocycles. The zero-order valence-corrected chi connectivity index (χ0v) is 18.1. The molecule has 0 atom stereocenters. The minimum absolute atomic E-state index is 0.0108. The molecular formula is C24H30O8. The average Bonchev–Trinajstić information content (AvgIpc) is 2.84. The molecule has 0 saturated carbocycles. The molecule has 0 aromatic heterocycles. The second-order valence-electron chi connectivity index (χ2n) is 6.44. The molecule has 0 spiro atoms. The van der Waals surface area contributed by atoms with Crippen LogP contribution in [-0.4, -0.2) is 77.8 Å². The van der Waals surface area contributed by atoms with Crippen LogP contribution in [0.2, 0.25) is 0 Å². The van der Waals surface area contributed by atoms with Gasteiger partial charge in [-0.25, -0.2) is 4.79 Å². The van der Waals surface area contributed by atoms with E-state index in [1.807, 2.05) is 30.3 Å². The first kappa shape index (κ1) is 25.5. The van der Waals surface area contributed by atoms with Crippen LogP contribution < -0.4 is 4.74 Å². The number of esters is 1. The number of ketones is 1. The van der Waals surface area contributed by atoms with Crippen LogP contribution in [0.25, 0.3) is 0 Å². The van der Waals surface area contributed by atoms with E-state index in [1.165, 1.54) is 0 Å². The van der Waals surface area contributed by atoms with Crippen LogP contribution in [0, 0.1) is 0 Å². The Balaban J connectivity index is 1.30. The quantitative estimate of drug-likeness (QED) is 0.149. The summed E-state index contributed by atoms with van der Waals surface area (Å²) in [6, 6.07) is 17.9. The van der Waals surface area contributed by atoms with Crippen LogP contribution in [0.1, 0.15) is 10.4 Å². The van der Waals surface area contributed by atoms with E-state index in [2.05, 4.69) is 0 Å². The van der Waals surface area contributed by atoms with Crippen molar-refractivity contribution in [1.29, 1.82) is 0 Å². The molecular weight excluding hydrogens is 416 g/mol. The lowest BCUT2D eigenvalue weighted by Crippen LogP contribution is -2.20. The van der Waals surface area contributed by atoms with Crippen LogP contribution in [0.15, 0.2) is 60.7 Å². The lowest BCUT2D eigenvalue weighted by atomic mass is 10.1. The largest absolute Gasteiger partial charge is 0.491 e. The van der Waals surface area contributed by atoms with Crippen LogP contribution in [0.5, 0.6) is 5.75 Å². The van der Waals surface area contributed by atoms with Gasteiger partial charge in [0.2, 0.25) is 0 Å². The van der Waals surface area contributed by atoms with Gasteiger partial charge in [-0.05, 0) is 12.1 Å². The first-order valence-electron chi connectivity index (χ1n) is 10.5. The Morgan fingerprint density at radius 2 is 0.969 bits per heavy atom. The summed E-state index contributed by atoms with van der Waals surface area (Å²) in [5.74, 6) is -0.728. The molecule has 0 saturated heterocycles. The molecule has 2 aromatic carbocycles. The highest BCUT2D eigenvalue weighted by Crippen LogP contribution is 2.07. The number of rotatable bonds is 18. The normalized spacial score (nSPS) is 10.6. The number of carbonyl (C=O) groups is 2. The zero-order chi connectivity index (χ0) is 22.7. The first-order chi connectivity index (χ1) is 15.8. The van der Waals surface area contributed by atoms with Crippen molar-refractivity contribution in [2.75, 3.05) is 66.1 Å². The number of hydrogen-bond donors (Lipinski definition) is 0. The number of benzene rings is 2. The molecule has 0 aliphatic heterocycles. The van der Waals surface area contributed by atoms with E-state index < -0.39 is 11.8 Å². The monoisotopic (exact) mass is 446 g/mol. The highest BCUT2D eigenvalue weighted by molar-refractivity contribution is 6.40. The molecule has 2 aromatic rings. The molecule has 0 aliphatic rings. The Morgan fingerprint density at radius 1 is 0.531 bits per heavy atom. The Morgan fingerprint density at radius 3 is 1.50 bits per heavy atom. The van der Waals surface area contributed by atoms with Gasteiger partial charge in [0.15, 0.2) is 0 Å². The maximum absolute atomic E-state index is 11.8. The third kappa shape index (κ3) is 11.6. The Labute approximate surface area is 188 Å². The Kier molecular flexibility index (Phi) is 13.4. The second kappa shape index (κ2) is 16.9. The fourth-order valence-corrected chi connectivity index (χ4v) is 2.46. The summed E-state index contributed by atoms with van der Waals surface area (Å²) >= 11 is 0. The van der Waals surface area contributed by atoms with Crippen LogP contribution in [0.4, 0.5) is 0 Å². The molecule has 0 aliphatic carbocycles. The zero-order valence-electron chi connectivity index (χ0n) is 18.1. The molecule has 174 valence electrons.